The SMILES string of the molecule is O=[N+]([O-])c1ccccc1-c1nnc(NCc2ccccc2)o1. The molecule has 0 radical (unpaired) electrons. The maximum absolute atomic E-state index is 11.0. The molecule has 0 unspecified atom stereocenters. The van der Waals surface area contributed by atoms with Crippen molar-refractivity contribution >= 4 is 11.7 Å². The Bertz CT molecular complexity index is 786. The van der Waals surface area contributed by atoms with Crippen molar-refractivity contribution < 1.29 is 9.34 Å². The Balaban J connectivity index is 1.78. The van der Waals surface area contributed by atoms with E-state index in [0.29, 0.717) is 12.1 Å². The van der Waals surface area contributed by atoms with Gasteiger partial charge in [-0.25, -0.2) is 0 Å². The average molecular weight is 296 g/mol. The molecule has 0 bridgehead atoms. The summed E-state index contributed by atoms with van der Waals surface area (Å²) < 4.78 is 5.44. The number of nitro benzene ring substituents is 1. The molecule has 0 saturated heterocycles. The zero-order chi connectivity index (χ0) is 15.4. The summed E-state index contributed by atoms with van der Waals surface area (Å²) in [6.07, 6.45) is 0. The minimum absolute atomic E-state index is 0.0687. The van der Waals surface area contributed by atoms with Crippen LogP contribution >= 0.6 is 0 Å². The number of nitrogens with one attached hydrogen (secondary N) is 1. The summed E-state index contributed by atoms with van der Waals surface area (Å²) in [6, 6.07) is 16.2. The van der Waals surface area contributed by atoms with Crippen LogP contribution in [0.1, 0.15) is 5.56 Å². The predicted octanol–water partition coefficient (Wildman–Crippen LogP) is 3.26. The number of nitrogens with zero attached hydrogens (tertiary/aromatic N) is 3. The molecule has 1 aromatic heterocycles. The lowest BCUT2D eigenvalue weighted by atomic mass is 10.2. The second-order valence-electron chi connectivity index (χ2n) is 4.53. The van der Waals surface area contributed by atoms with Crippen LogP contribution in [0, 0.1) is 10.1 Å². The number of para-hydroxylation sites is 1. The van der Waals surface area contributed by atoms with E-state index in [0.717, 1.165) is 5.56 Å². The fourth-order valence-electron chi connectivity index (χ4n) is 1.99. The minimum atomic E-state index is -0.476. The summed E-state index contributed by atoms with van der Waals surface area (Å²) in [7, 11) is 0. The van der Waals surface area contributed by atoms with E-state index in [1.54, 1.807) is 18.2 Å². The highest BCUT2D eigenvalue weighted by atomic mass is 16.6. The molecule has 0 saturated carbocycles. The summed E-state index contributed by atoms with van der Waals surface area (Å²) in [4.78, 5) is 10.5. The Kier molecular flexibility index (Phi) is 3.78. The molecule has 3 rings (SSSR count). The van der Waals surface area contributed by atoms with Crippen LogP contribution in [0.4, 0.5) is 11.7 Å². The Hall–Kier alpha value is -3.22. The Morgan fingerprint density at radius 1 is 1.05 bits per heavy atom. The molecule has 2 aromatic carbocycles. The van der Waals surface area contributed by atoms with E-state index in [4.69, 9.17) is 4.42 Å². The summed E-state index contributed by atoms with van der Waals surface area (Å²) in [6.45, 7) is 0.527. The number of nitro groups is 1. The number of hydrogen-bond acceptors (Lipinski definition) is 6. The first-order valence-electron chi connectivity index (χ1n) is 6.59. The van der Waals surface area contributed by atoms with Crippen LogP contribution < -0.4 is 5.32 Å². The monoisotopic (exact) mass is 296 g/mol. The number of rotatable bonds is 5. The van der Waals surface area contributed by atoms with Crippen molar-refractivity contribution in [2.24, 2.45) is 0 Å². The fraction of sp³-hybridized carbons (Fsp3) is 0.0667. The normalized spacial score (nSPS) is 10.4. The molecular formula is C15H12N4O3. The van der Waals surface area contributed by atoms with Crippen LogP contribution in [0.25, 0.3) is 11.5 Å². The van der Waals surface area contributed by atoms with Gasteiger partial charge in [-0.15, -0.1) is 5.10 Å². The minimum Gasteiger partial charge on any atom is -0.403 e. The van der Waals surface area contributed by atoms with Crippen molar-refractivity contribution in [2.45, 2.75) is 6.54 Å². The van der Waals surface area contributed by atoms with Crippen LogP contribution in [-0.4, -0.2) is 15.1 Å². The second-order valence-corrected chi connectivity index (χ2v) is 4.53. The third kappa shape index (κ3) is 2.93. The maximum atomic E-state index is 11.0. The van der Waals surface area contributed by atoms with Crippen LogP contribution in [0.15, 0.2) is 59.0 Å². The molecule has 0 aliphatic rings. The van der Waals surface area contributed by atoms with Gasteiger partial charge in [0.25, 0.3) is 11.6 Å². The Morgan fingerprint density at radius 2 is 1.77 bits per heavy atom. The molecule has 110 valence electrons. The van der Waals surface area contributed by atoms with Crippen molar-refractivity contribution in [1.82, 2.24) is 10.2 Å². The number of aromatic nitrogens is 2. The fourth-order valence-corrected chi connectivity index (χ4v) is 1.99. The van der Waals surface area contributed by atoms with Gasteiger partial charge >= 0.3 is 6.01 Å². The van der Waals surface area contributed by atoms with Gasteiger partial charge in [-0.1, -0.05) is 47.6 Å². The molecular weight excluding hydrogens is 284 g/mol. The summed E-state index contributed by atoms with van der Waals surface area (Å²) in [5.41, 5.74) is 1.29. The molecule has 1 N–H and O–H groups in total. The lowest BCUT2D eigenvalue weighted by Gasteiger charge is -2.00. The van der Waals surface area contributed by atoms with E-state index in [-0.39, 0.29) is 17.6 Å². The van der Waals surface area contributed by atoms with Crippen LogP contribution in [-0.2, 0) is 6.54 Å². The third-order valence-electron chi connectivity index (χ3n) is 3.04. The van der Waals surface area contributed by atoms with Gasteiger partial charge in [-0.3, -0.25) is 10.1 Å². The lowest BCUT2D eigenvalue weighted by molar-refractivity contribution is -0.384. The van der Waals surface area contributed by atoms with Crippen molar-refractivity contribution in [3.63, 3.8) is 0 Å². The van der Waals surface area contributed by atoms with Crippen molar-refractivity contribution in [2.75, 3.05) is 5.32 Å². The smallest absolute Gasteiger partial charge is 0.316 e. The predicted molar refractivity (Wildman–Crippen MR) is 80.2 cm³/mol. The van der Waals surface area contributed by atoms with Gasteiger partial charge in [0.1, 0.15) is 5.56 Å². The van der Waals surface area contributed by atoms with E-state index < -0.39 is 4.92 Å². The van der Waals surface area contributed by atoms with Gasteiger partial charge in [-0.05, 0) is 11.6 Å². The van der Waals surface area contributed by atoms with Crippen molar-refractivity contribution in [3.05, 3.63) is 70.3 Å². The average Bonchev–Trinajstić information content (AvgIpc) is 3.03. The molecule has 1 heterocycles. The first-order valence-corrected chi connectivity index (χ1v) is 6.59. The van der Waals surface area contributed by atoms with Gasteiger partial charge < -0.3 is 9.73 Å². The zero-order valence-corrected chi connectivity index (χ0v) is 11.5. The number of benzene rings is 2. The zero-order valence-electron chi connectivity index (χ0n) is 11.5. The van der Waals surface area contributed by atoms with E-state index in [9.17, 15) is 10.1 Å². The molecule has 7 nitrogen and oxygen atoms in total. The molecule has 7 heteroatoms. The van der Waals surface area contributed by atoms with Gasteiger partial charge in [0.2, 0.25) is 0 Å². The topological polar surface area (TPSA) is 94.1 Å². The quantitative estimate of drug-likeness (QED) is 0.573. The Morgan fingerprint density at radius 3 is 2.55 bits per heavy atom. The second kappa shape index (κ2) is 6.04. The lowest BCUT2D eigenvalue weighted by Crippen LogP contribution is -1.98. The molecule has 0 fully saturated rings. The first kappa shape index (κ1) is 13.7. The molecule has 0 aliphatic heterocycles. The van der Waals surface area contributed by atoms with E-state index in [1.165, 1.54) is 6.07 Å². The molecule has 0 amide bonds. The van der Waals surface area contributed by atoms with Crippen molar-refractivity contribution in [3.8, 4) is 11.5 Å². The summed E-state index contributed by atoms with van der Waals surface area (Å²) in [5.74, 6) is 0.114. The molecule has 0 aliphatic carbocycles. The van der Waals surface area contributed by atoms with E-state index in [2.05, 4.69) is 15.5 Å². The van der Waals surface area contributed by atoms with Gasteiger partial charge in [0.15, 0.2) is 0 Å². The largest absolute Gasteiger partial charge is 0.403 e. The molecule has 3 aromatic rings. The van der Waals surface area contributed by atoms with E-state index in [1.807, 2.05) is 30.3 Å². The summed E-state index contributed by atoms with van der Waals surface area (Å²) >= 11 is 0. The highest BCUT2D eigenvalue weighted by molar-refractivity contribution is 5.66. The van der Waals surface area contributed by atoms with Crippen molar-refractivity contribution in [1.29, 1.82) is 0 Å². The van der Waals surface area contributed by atoms with E-state index >= 15 is 0 Å². The molecule has 22 heavy (non-hydrogen) atoms. The number of anilines is 1. The molecule has 0 spiro atoms. The van der Waals surface area contributed by atoms with Gasteiger partial charge in [-0.2, -0.15) is 0 Å². The first-order chi connectivity index (χ1) is 10.7. The van der Waals surface area contributed by atoms with Crippen LogP contribution in [0.3, 0.4) is 0 Å². The van der Waals surface area contributed by atoms with Crippen LogP contribution in [0.2, 0.25) is 0 Å². The summed E-state index contributed by atoms with van der Waals surface area (Å²) in [5, 5.41) is 21.7. The highest BCUT2D eigenvalue weighted by Gasteiger charge is 2.19. The maximum Gasteiger partial charge on any atom is 0.316 e. The van der Waals surface area contributed by atoms with Gasteiger partial charge in [0, 0.05) is 12.6 Å². The molecule has 0 atom stereocenters. The van der Waals surface area contributed by atoms with Gasteiger partial charge in [0.05, 0.1) is 4.92 Å². The van der Waals surface area contributed by atoms with Crippen LogP contribution in [0.5, 0.6) is 0 Å². The number of hydrogen-bond donors (Lipinski definition) is 1. The highest BCUT2D eigenvalue weighted by Crippen LogP contribution is 2.29. The standard InChI is InChI=1S/C15H12N4O3/c20-19(21)13-9-5-4-8-12(13)14-17-18-15(22-14)16-10-11-6-2-1-3-7-11/h1-9H,10H2,(H,16,18). The Labute approximate surface area is 125 Å². The third-order valence-corrected chi connectivity index (χ3v) is 3.04.